The standard InChI is InChI=1S/C26H32N2O4S/c1-32-23-13-12-19(18-7-2-3-8-18)17-21(23)26(14-6-15-26)25(29)28-33(30,31)24-11-4-10-22-20(24)9-5-16-27-22/h4,10-13,17-18,27H,2-3,5-9,14-16H2,1H3,(H,28,29). The van der Waals surface area contributed by atoms with Gasteiger partial charge in [-0.3, -0.25) is 4.79 Å². The number of hydrogen-bond donors (Lipinski definition) is 2. The van der Waals surface area contributed by atoms with Crippen molar-refractivity contribution in [1.29, 1.82) is 0 Å². The molecule has 0 atom stereocenters. The van der Waals surface area contributed by atoms with Gasteiger partial charge in [-0.05, 0) is 73.8 Å². The average Bonchev–Trinajstić information content (AvgIpc) is 3.32. The van der Waals surface area contributed by atoms with E-state index in [0.29, 0.717) is 30.9 Å². The van der Waals surface area contributed by atoms with Gasteiger partial charge in [0.1, 0.15) is 5.75 Å². The molecule has 0 bridgehead atoms. The summed E-state index contributed by atoms with van der Waals surface area (Å²) in [6.45, 7) is 0.823. The molecule has 0 spiro atoms. The first kappa shape index (κ1) is 22.3. The zero-order chi connectivity index (χ0) is 23.1. The SMILES string of the molecule is COc1ccc(C2CCCC2)cc1C1(C(=O)NS(=O)(=O)c2cccc3c2CCCN3)CCC1. The Morgan fingerprint density at radius 1 is 1.09 bits per heavy atom. The molecule has 176 valence electrons. The van der Waals surface area contributed by atoms with E-state index in [2.05, 4.69) is 22.2 Å². The van der Waals surface area contributed by atoms with Crippen molar-refractivity contribution in [3.8, 4) is 5.75 Å². The molecule has 0 aromatic heterocycles. The number of sulfonamides is 1. The second-order valence-electron chi connectivity index (χ2n) is 9.62. The van der Waals surface area contributed by atoms with Crippen LogP contribution < -0.4 is 14.8 Å². The fraction of sp³-hybridized carbons (Fsp3) is 0.500. The third-order valence-electron chi connectivity index (χ3n) is 7.78. The zero-order valence-corrected chi connectivity index (χ0v) is 20.0. The fourth-order valence-electron chi connectivity index (χ4n) is 5.77. The molecular weight excluding hydrogens is 436 g/mol. The van der Waals surface area contributed by atoms with Gasteiger partial charge in [0.05, 0.1) is 17.4 Å². The van der Waals surface area contributed by atoms with Gasteiger partial charge < -0.3 is 10.1 Å². The lowest BCUT2D eigenvalue weighted by Crippen LogP contribution is -2.51. The number of amides is 1. The zero-order valence-electron chi connectivity index (χ0n) is 19.2. The molecule has 33 heavy (non-hydrogen) atoms. The summed E-state index contributed by atoms with van der Waals surface area (Å²) in [5, 5.41) is 3.26. The van der Waals surface area contributed by atoms with Crippen LogP contribution in [0.15, 0.2) is 41.3 Å². The Kier molecular flexibility index (Phi) is 5.85. The highest BCUT2D eigenvalue weighted by molar-refractivity contribution is 7.90. The highest BCUT2D eigenvalue weighted by Crippen LogP contribution is 2.49. The second kappa shape index (κ2) is 8.67. The smallest absolute Gasteiger partial charge is 0.264 e. The van der Waals surface area contributed by atoms with Crippen molar-refractivity contribution < 1.29 is 17.9 Å². The van der Waals surface area contributed by atoms with Crippen LogP contribution in [0.25, 0.3) is 0 Å². The van der Waals surface area contributed by atoms with Crippen LogP contribution in [0.4, 0.5) is 5.69 Å². The van der Waals surface area contributed by atoms with Crippen LogP contribution in [0, 0.1) is 0 Å². The Morgan fingerprint density at radius 3 is 2.58 bits per heavy atom. The van der Waals surface area contributed by atoms with E-state index in [1.165, 1.54) is 18.4 Å². The van der Waals surface area contributed by atoms with E-state index in [9.17, 15) is 13.2 Å². The molecule has 6 nitrogen and oxygen atoms in total. The molecule has 0 radical (unpaired) electrons. The molecule has 0 unspecified atom stereocenters. The third-order valence-corrected chi connectivity index (χ3v) is 9.19. The number of hydrogen-bond acceptors (Lipinski definition) is 5. The number of methoxy groups -OCH3 is 1. The molecule has 2 aromatic carbocycles. The number of benzene rings is 2. The number of ether oxygens (including phenoxy) is 1. The second-order valence-corrected chi connectivity index (χ2v) is 11.3. The van der Waals surface area contributed by atoms with Gasteiger partial charge in [-0.15, -0.1) is 0 Å². The van der Waals surface area contributed by atoms with E-state index in [1.54, 1.807) is 19.2 Å². The third kappa shape index (κ3) is 3.90. The quantitative estimate of drug-likeness (QED) is 0.645. The van der Waals surface area contributed by atoms with Crippen LogP contribution in [-0.4, -0.2) is 28.0 Å². The maximum Gasteiger partial charge on any atom is 0.264 e. The molecule has 2 saturated carbocycles. The van der Waals surface area contributed by atoms with Crippen molar-refractivity contribution in [2.45, 2.75) is 74.0 Å². The summed E-state index contributed by atoms with van der Waals surface area (Å²) in [6, 6.07) is 11.4. The predicted molar refractivity (Wildman–Crippen MR) is 128 cm³/mol. The summed E-state index contributed by atoms with van der Waals surface area (Å²) < 4.78 is 34.8. The van der Waals surface area contributed by atoms with Crippen LogP contribution in [0.1, 0.15) is 74.0 Å². The Labute approximate surface area is 196 Å². The van der Waals surface area contributed by atoms with Gasteiger partial charge in [0.25, 0.3) is 10.0 Å². The van der Waals surface area contributed by atoms with E-state index in [1.807, 2.05) is 12.1 Å². The minimum Gasteiger partial charge on any atom is -0.496 e. The summed E-state index contributed by atoms with van der Waals surface area (Å²) in [6.07, 6.45) is 8.44. The Balaban J connectivity index is 1.48. The van der Waals surface area contributed by atoms with Crippen molar-refractivity contribution in [3.63, 3.8) is 0 Å². The van der Waals surface area contributed by atoms with Gasteiger partial charge in [0.2, 0.25) is 5.91 Å². The molecule has 2 aliphatic carbocycles. The maximum absolute atomic E-state index is 13.6. The average molecular weight is 469 g/mol. The molecule has 2 N–H and O–H groups in total. The van der Waals surface area contributed by atoms with Crippen molar-refractivity contribution in [2.24, 2.45) is 0 Å². The van der Waals surface area contributed by atoms with Gasteiger partial charge >= 0.3 is 0 Å². The summed E-state index contributed by atoms with van der Waals surface area (Å²) >= 11 is 0. The number of anilines is 1. The number of rotatable bonds is 6. The van der Waals surface area contributed by atoms with Gasteiger partial charge in [-0.2, -0.15) is 0 Å². The number of fused-ring (bicyclic) bond motifs is 1. The molecular formula is C26H32N2O4S. The van der Waals surface area contributed by atoms with Gasteiger partial charge in [-0.25, -0.2) is 13.1 Å². The van der Waals surface area contributed by atoms with E-state index in [-0.39, 0.29) is 4.90 Å². The summed E-state index contributed by atoms with van der Waals surface area (Å²) in [7, 11) is -2.38. The number of carbonyl (C=O) groups is 1. The number of nitrogens with one attached hydrogen (secondary N) is 2. The molecule has 5 rings (SSSR count). The highest BCUT2D eigenvalue weighted by atomic mass is 32.2. The monoisotopic (exact) mass is 468 g/mol. The molecule has 2 aromatic rings. The Bertz CT molecular complexity index is 1160. The van der Waals surface area contributed by atoms with Crippen molar-refractivity contribution in [2.75, 3.05) is 19.0 Å². The lowest BCUT2D eigenvalue weighted by Gasteiger charge is -2.41. The van der Waals surface area contributed by atoms with Crippen LogP contribution in [0.2, 0.25) is 0 Å². The van der Waals surface area contributed by atoms with Crippen molar-refractivity contribution >= 4 is 21.6 Å². The molecule has 7 heteroatoms. The van der Waals surface area contributed by atoms with E-state index < -0.39 is 21.3 Å². The summed E-state index contributed by atoms with van der Waals surface area (Å²) in [5.74, 6) is 0.712. The highest BCUT2D eigenvalue weighted by Gasteiger charge is 2.49. The van der Waals surface area contributed by atoms with Gasteiger partial charge in [0, 0.05) is 17.8 Å². The van der Waals surface area contributed by atoms with Crippen LogP contribution in [0.3, 0.4) is 0 Å². The van der Waals surface area contributed by atoms with Crippen molar-refractivity contribution in [3.05, 3.63) is 53.1 Å². The topological polar surface area (TPSA) is 84.5 Å². The van der Waals surface area contributed by atoms with E-state index in [0.717, 1.165) is 49.0 Å². The molecule has 1 aliphatic heterocycles. The largest absolute Gasteiger partial charge is 0.496 e. The first-order valence-corrected chi connectivity index (χ1v) is 13.5. The van der Waals surface area contributed by atoms with E-state index in [4.69, 9.17) is 4.74 Å². The lowest BCUT2D eigenvalue weighted by molar-refractivity contribution is -0.128. The van der Waals surface area contributed by atoms with Crippen molar-refractivity contribution in [1.82, 2.24) is 4.72 Å². The fourth-order valence-corrected chi connectivity index (χ4v) is 7.11. The molecule has 1 heterocycles. The van der Waals surface area contributed by atoms with Gasteiger partial charge in [-0.1, -0.05) is 37.5 Å². The Hall–Kier alpha value is -2.54. The molecule has 3 aliphatic rings. The number of carbonyl (C=O) groups excluding carboxylic acids is 1. The molecule has 1 amide bonds. The first-order chi connectivity index (χ1) is 15.9. The van der Waals surface area contributed by atoms with Crippen LogP contribution >= 0.6 is 0 Å². The minimum absolute atomic E-state index is 0.196. The summed E-state index contributed by atoms with van der Waals surface area (Å²) in [5.41, 5.74) is 2.77. The summed E-state index contributed by atoms with van der Waals surface area (Å²) in [4.78, 5) is 13.8. The first-order valence-electron chi connectivity index (χ1n) is 12.1. The van der Waals surface area contributed by atoms with Crippen LogP contribution in [-0.2, 0) is 26.7 Å². The molecule has 2 fully saturated rings. The maximum atomic E-state index is 13.6. The van der Waals surface area contributed by atoms with E-state index >= 15 is 0 Å². The lowest BCUT2D eigenvalue weighted by atomic mass is 9.63. The van der Waals surface area contributed by atoms with Crippen LogP contribution in [0.5, 0.6) is 5.75 Å². The predicted octanol–water partition coefficient (Wildman–Crippen LogP) is 4.64. The Morgan fingerprint density at radius 2 is 1.88 bits per heavy atom. The minimum atomic E-state index is -3.99. The normalized spacial score (nSPS) is 19.8. The molecule has 0 saturated heterocycles. The van der Waals surface area contributed by atoms with Gasteiger partial charge in [0.15, 0.2) is 0 Å².